The number of hydrogen-bond acceptors (Lipinski definition) is 13. The zero-order valence-electron chi connectivity index (χ0n) is 88.4. The molecule has 0 aliphatic heterocycles. The Morgan fingerprint density at radius 2 is 0.792 bits per heavy atom. The minimum absolute atomic E-state index is 0.0146. The van der Waals surface area contributed by atoms with Crippen molar-refractivity contribution in [3.05, 3.63) is 330 Å². The lowest BCUT2D eigenvalue weighted by atomic mass is 9.75. The van der Waals surface area contributed by atoms with E-state index in [1.807, 2.05) is 38.1 Å². The monoisotopic (exact) mass is 2000 g/mol. The number of phenols is 2. The highest BCUT2D eigenvalue weighted by atomic mass is 32.2. The zero-order valence-corrected chi connectivity index (χ0v) is 90.1. The van der Waals surface area contributed by atoms with Crippen molar-refractivity contribution in [1.82, 2.24) is 0 Å². The molecule has 0 saturated heterocycles. The second-order valence-corrected chi connectivity index (χ2v) is 44.5. The van der Waals surface area contributed by atoms with Crippen LogP contribution in [0.5, 0.6) is 34.5 Å². The van der Waals surface area contributed by atoms with Gasteiger partial charge in [-0.1, -0.05) is 331 Å². The standard InChI is InChI=1S/C30H36O2.C25H40O2.C22H32O2.C18H15S.C12H14F2O5S.2C10H14O/c1-4-6-7-16-30(32-24-19-17-23(18-20-24)22(3)5-2)31-21-29-27-14-10-8-12-25(27)26-13-9-11-15-28(26)29;1-4-20(2)22-13-15-23(16-14-22)27-24(25(3)17-9-6-10-18-25)26-19-21-11-7-5-8-12-21;1-4-14(2)16-8-10-18(11-9-16)23-15(3)24-22-13-17-12-21(22)20-7-5-6-19(17)20;1-4-10-16(11-5-1)19(17-12-6-2-7-13-17)18-14-8-3-9-15-18;1-3-8(2)9-4-6-10(7-5-9)19-11(15)12(13,14)20(16,17)18;2*1-3-8(2)9-4-6-10(11)7-5-9/h8-15,17-20,22,29-30H,4-7,16,21H2,1-3H3;13-16,20-21,24H,4-12,17-19H2,1-3H3;8-11,14-15,17,19-22H,4-7,12-13H2,1-3H3;1-15H;4-8H,3H2,1-2H3,(H,16,17,18);2*4-8,11H,3H2,1-2H3/q;;;+1;;;/p-1. The molecule has 6 aliphatic rings. The van der Waals surface area contributed by atoms with Crippen molar-refractivity contribution in [2.45, 2.75) is 351 Å². The Morgan fingerprint density at radius 1 is 0.417 bits per heavy atom. The summed E-state index contributed by atoms with van der Waals surface area (Å²) in [6.07, 6.45) is 31.2. The molecule has 0 heterocycles. The van der Waals surface area contributed by atoms with Crippen LogP contribution in [0.3, 0.4) is 0 Å². The van der Waals surface area contributed by atoms with Crippen LogP contribution in [0.25, 0.3) is 11.1 Å². The third kappa shape index (κ3) is 33.5. The summed E-state index contributed by atoms with van der Waals surface area (Å²) >= 11 is 0. The van der Waals surface area contributed by atoms with Crippen LogP contribution in [0.2, 0.25) is 0 Å². The van der Waals surface area contributed by atoms with Crippen molar-refractivity contribution < 1.29 is 69.9 Å². The molecule has 11 aromatic rings. The SMILES string of the molecule is CCC(C)c1ccc(O)cc1.CCC(C)c1ccc(O)cc1.CCC(C)c1ccc(OC(=O)C(F)(F)S(=O)(=O)[O-])cc1.CCC(C)c1ccc(OC(C)OC2CC3CC2C2CCCC32)cc1.CCC(C)c1ccc(OC(OCC2CCCCC2)C2(C)CCCCC2)cc1.CCCCCC(OCC1c2ccccc2-c2ccccc21)Oc1ccc(C(C)CC)cc1.c1ccc([S+](c2ccccc2)c2ccccc2)cc1. The molecule has 5 saturated carbocycles. The largest absolute Gasteiger partial charge is 0.743 e. The highest BCUT2D eigenvalue weighted by molar-refractivity contribution is 7.97. The number of halogens is 2. The van der Waals surface area contributed by atoms with Gasteiger partial charge in [0.05, 0.1) is 30.2 Å². The first-order chi connectivity index (χ1) is 69.5. The quantitative estimate of drug-likeness (QED) is 0.00939. The number of carbonyl (C=O) groups excluding carboxylic acids is 1. The van der Waals surface area contributed by atoms with E-state index in [1.54, 1.807) is 36.4 Å². The number of carbonyl (C=O) groups is 1. The maximum Gasteiger partial charge on any atom is 0.429 e. The number of hydrogen-bond donors (Lipinski definition) is 2. The predicted molar refractivity (Wildman–Crippen MR) is 584 cm³/mol. The van der Waals surface area contributed by atoms with Crippen molar-refractivity contribution in [2.24, 2.45) is 35.0 Å². The van der Waals surface area contributed by atoms with E-state index in [1.165, 1.54) is 199 Å². The Hall–Kier alpha value is -10.1. The fourth-order valence-electron chi connectivity index (χ4n) is 20.7. The third-order valence-corrected chi connectivity index (χ3v) is 33.9. The first-order valence-corrected chi connectivity index (χ1v) is 56.6. The van der Waals surface area contributed by atoms with Gasteiger partial charge >= 0.3 is 11.2 Å². The van der Waals surface area contributed by atoms with Gasteiger partial charge < -0.3 is 47.9 Å². The van der Waals surface area contributed by atoms with E-state index in [0.29, 0.717) is 53.8 Å². The summed E-state index contributed by atoms with van der Waals surface area (Å²) in [5.74, 6) is 8.73. The van der Waals surface area contributed by atoms with Gasteiger partial charge in [0.2, 0.25) is 6.29 Å². The first kappa shape index (κ1) is 114. The van der Waals surface area contributed by atoms with Crippen LogP contribution in [-0.4, -0.2) is 72.6 Å². The lowest BCUT2D eigenvalue weighted by molar-refractivity contribution is -0.171. The number of fused-ring (bicyclic) bond motifs is 8. The zero-order chi connectivity index (χ0) is 103. The molecule has 17 heteroatoms. The average Bonchev–Trinajstić information content (AvgIpc) is 1.59. The minimum Gasteiger partial charge on any atom is -0.743 e. The Bertz CT molecular complexity index is 5420. The van der Waals surface area contributed by atoms with Crippen LogP contribution < -0.4 is 18.9 Å². The predicted octanol–water partition coefficient (Wildman–Crippen LogP) is 34.4. The van der Waals surface area contributed by atoms with Crippen molar-refractivity contribution in [1.29, 1.82) is 0 Å². The van der Waals surface area contributed by atoms with Crippen molar-refractivity contribution in [3.8, 4) is 45.6 Å². The van der Waals surface area contributed by atoms with Gasteiger partial charge in [-0.2, -0.15) is 8.78 Å². The summed E-state index contributed by atoms with van der Waals surface area (Å²) in [5.41, 5.74) is 13.2. The number of rotatable bonds is 37. The van der Waals surface area contributed by atoms with Crippen LogP contribution in [0.4, 0.5) is 8.78 Å². The molecule has 0 radical (unpaired) electrons. The van der Waals surface area contributed by atoms with E-state index in [4.69, 9.17) is 38.6 Å². The smallest absolute Gasteiger partial charge is 0.429 e. The average molecular weight is 2000 g/mol. The second-order valence-electron chi connectivity index (χ2n) is 41.0. The van der Waals surface area contributed by atoms with E-state index in [2.05, 4.69) is 307 Å². The maximum absolute atomic E-state index is 12.9. The summed E-state index contributed by atoms with van der Waals surface area (Å²) < 4.78 is 99.0. The highest BCUT2D eigenvalue weighted by Gasteiger charge is 2.55. The van der Waals surface area contributed by atoms with Crippen LogP contribution >= 0.6 is 0 Å². The van der Waals surface area contributed by atoms with Crippen molar-refractivity contribution in [2.75, 3.05) is 13.2 Å². The van der Waals surface area contributed by atoms with Gasteiger partial charge in [-0.25, -0.2) is 13.2 Å². The molecule has 776 valence electrons. The van der Waals surface area contributed by atoms with E-state index >= 15 is 0 Å². The molecule has 14 unspecified atom stereocenters. The maximum atomic E-state index is 12.9. The Balaban J connectivity index is 0.000000164. The summed E-state index contributed by atoms with van der Waals surface area (Å²) in [7, 11) is -6.12. The van der Waals surface area contributed by atoms with Crippen LogP contribution in [0.15, 0.2) is 300 Å². The molecule has 11 aromatic carbocycles. The number of benzene rings is 11. The summed E-state index contributed by atoms with van der Waals surface area (Å²) in [4.78, 5) is 15.1. The van der Waals surface area contributed by atoms with E-state index in [-0.39, 0.29) is 52.8 Å². The third-order valence-electron chi connectivity index (χ3n) is 30.9. The summed E-state index contributed by atoms with van der Waals surface area (Å²) in [5, 5.41) is 12.9. The number of esters is 1. The molecule has 2 bridgehead atoms. The fraction of sp³-hybridized carbons (Fsp3) is 0.472. The van der Waals surface area contributed by atoms with Gasteiger partial charge in [0.1, 0.15) is 34.5 Å². The molecule has 2 N–H and O–H groups in total. The number of unbranched alkanes of at least 4 members (excludes halogenated alkanes) is 2. The van der Waals surface area contributed by atoms with Gasteiger partial charge in [-0.15, -0.1) is 0 Å². The highest BCUT2D eigenvalue weighted by Crippen LogP contribution is 2.60. The van der Waals surface area contributed by atoms with Crippen molar-refractivity contribution in [3.63, 3.8) is 0 Å². The van der Waals surface area contributed by atoms with E-state index in [0.717, 1.165) is 97.5 Å². The Morgan fingerprint density at radius 3 is 1.20 bits per heavy atom. The molecular formula is C127H164F2O13S2. The molecule has 17 rings (SSSR count). The van der Waals surface area contributed by atoms with E-state index < -0.39 is 21.3 Å². The van der Waals surface area contributed by atoms with Gasteiger partial charge in [0, 0.05) is 17.8 Å². The molecular weight excluding hydrogens is 1840 g/mol. The second kappa shape index (κ2) is 57.9. The van der Waals surface area contributed by atoms with Gasteiger partial charge in [0.25, 0.3) is 0 Å². The van der Waals surface area contributed by atoms with Gasteiger partial charge in [-0.05, 0) is 333 Å². The van der Waals surface area contributed by atoms with Crippen LogP contribution in [0, 0.1) is 35.0 Å². The molecule has 5 fully saturated rings. The van der Waals surface area contributed by atoms with E-state index in [9.17, 15) is 26.5 Å². The topological polar surface area (TPSA) is 179 Å². The first-order valence-electron chi connectivity index (χ1n) is 54.0. The minimum atomic E-state index is -6.11. The lowest BCUT2D eigenvalue weighted by Crippen LogP contribution is -2.41. The molecule has 0 amide bonds. The Kier molecular flexibility index (Phi) is 45.9. The van der Waals surface area contributed by atoms with Crippen LogP contribution in [0.1, 0.15) is 350 Å². The normalized spacial score (nSPS) is 18.9. The molecule has 14 atom stereocenters. The lowest BCUT2D eigenvalue weighted by Gasteiger charge is -2.40. The number of aromatic hydroxyl groups is 2. The molecule has 144 heavy (non-hydrogen) atoms. The fourth-order valence-corrected chi connectivity index (χ4v) is 23.0. The number of alkyl halides is 2. The molecule has 0 spiro atoms. The molecule has 0 aromatic heterocycles. The molecule has 6 aliphatic carbocycles. The van der Waals surface area contributed by atoms with Gasteiger partial charge in [0.15, 0.2) is 37.4 Å². The van der Waals surface area contributed by atoms with Gasteiger partial charge in [-0.3, -0.25) is 0 Å². The van der Waals surface area contributed by atoms with Crippen LogP contribution in [-0.2, 0) is 40.0 Å². The molecule has 13 nitrogen and oxygen atoms in total. The Labute approximate surface area is 865 Å². The number of phenolic OH excluding ortho intramolecular Hbond substituents is 2. The number of ether oxygens (including phenoxy) is 7. The summed E-state index contributed by atoms with van der Waals surface area (Å²) in [6, 6.07) is 96.0. The van der Waals surface area contributed by atoms with Crippen molar-refractivity contribution >= 4 is 27.0 Å². The summed E-state index contributed by atoms with van der Waals surface area (Å²) in [6.45, 7) is 34.3.